The summed E-state index contributed by atoms with van der Waals surface area (Å²) in [6, 6.07) is 16.3. The molecule has 0 aliphatic carbocycles. The average Bonchev–Trinajstić information content (AvgIpc) is 2.71. The van der Waals surface area contributed by atoms with Crippen LogP contribution in [-0.2, 0) is 16.8 Å². The van der Waals surface area contributed by atoms with Crippen LogP contribution in [0.3, 0.4) is 0 Å². The predicted octanol–water partition coefficient (Wildman–Crippen LogP) is 4.83. The molecule has 3 rings (SSSR count). The Morgan fingerprint density at radius 2 is 1.89 bits per heavy atom. The van der Waals surface area contributed by atoms with E-state index in [1.807, 2.05) is 31.2 Å². The van der Waals surface area contributed by atoms with Crippen molar-refractivity contribution in [3.8, 4) is 11.5 Å². The molecule has 28 heavy (non-hydrogen) atoms. The van der Waals surface area contributed by atoms with Crippen molar-refractivity contribution in [2.24, 2.45) is 0 Å². The number of alkyl carbamates (subject to hydrolysis) is 1. The number of rotatable bonds is 9. The van der Waals surface area contributed by atoms with E-state index in [-0.39, 0.29) is 6.09 Å². The molecule has 1 fully saturated rings. The zero-order valence-corrected chi connectivity index (χ0v) is 16.7. The molecule has 0 spiro atoms. The third kappa shape index (κ3) is 5.18. The van der Waals surface area contributed by atoms with Gasteiger partial charge in [0.05, 0.1) is 13.7 Å². The normalized spacial score (nSPS) is 18.9. The highest BCUT2D eigenvalue weighted by molar-refractivity contribution is 5.69. The second-order valence-electron chi connectivity index (χ2n) is 7.31. The molecule has 1 saturated heterocycles. The Bertz CT molecular complexity index is 777. The minimum absolute atomic E-state index is 0.384. The van der Waals surface area contributed by atoms with Crippen molar-refractivity contribution < 1.29 is 19.0 Å². The van der Waals surface area contributed by atoms with E-state index in [1.165, 1.54) is 5.56 Å². The molecule has 1 heterocycles. The zero-order chi connectivity index (χ0) is 19.8. The molecule has 0 saturated carbocycles. The summed E-state index contributed by atoms with van der Waals surface area (Å²) < 4.78 is 17.0. The van der Waals surface area contributed by atoms with E-state index in [1.54, 1.807) is 7.11 Å². The van der Waals surface area contributed by atoms with Gasteiger partial charge in [0, 0.05) is 13.0 Å². The Labute approximate surface area is 167 Å². The zero-order valence-electron chi connectivity index (χ0n) is 16.7. The summed E-state index contributed by atoms with van der Waals surface area (Å²) in [7, 11) is 1.63. The van der Waals surface area contributed by atoms with Crippen LogP contribution in [0.1, 0.15) is 43.7 Å². The quantitative estimate of drug-likeness (QED) is 0.630. The lowest BCUT2D eigenvalue weighted by Gasteiger charge is -2.34. The van der Waals surface area contributed by atoms with E-state index in [4.69, 9.17) is 14.2 Å². The van der Waals surface area contributed by atoms with E-state index < -0.39 is 5.60 Å². The van der Waals surface area contributed by atoms with Crippen LogP contribution in [-0.4, -0.2) is 26.4 Å². The van der Waals surface area contributed by atoms with Crippen LogP contribution in [0.25, 0.3) is 0 Å². The third-order valence-corrected chi connectivity index (χ3v) is 5.17. The van der Waals surface area contributed by atoms with Gasteiger partial charge in [0.25, 0.3) is 0 Å². The highest BCUT2D eigenvalue weighted by atomic mass is 16.6. The third-order valence-electron chi connectivity index (χ3n) is 5.17. The van der Waals surface area contributed by atoms with Gasteiger partial charge in [-0.15, -0.1) is 0 Å². The van der Waals surface area contributed by atoms with E-state index in [2.05, 4.69) is 29.6 Å². The van der Waals surface area contributed by atoms with Gasteiger partial charge in [0.2, 0.25) is 0 Å². The molecular weight excluding hydrogens is 354 g/mol. The van der Waals surface area contributed by atoms with Crippen LogP contribution >= 0.6 is 0 Å². The van der Waals surface area contributed by atoms with E-state index in [0.29, 0.717) is 31.1 Å². The Morgan fingerprint density at radius 1 is 1.07 bits per heavy atom. The minimum Gasteiger partial charge on any atom is -0.493 e. The number of ether oxygens (including phenoxy) is 3. The minimum atomic E-state index is -0.650. The number of cyclic esters (lactones) is 1. The first-order chi connectivity index (χ1) is 13.6. The molecule has 2 aromatic rings. The van der Waals surface area contributed by atoms with Gasteiger partial charge in [0.15, 0.2) is 11.5 Å². The first-order valence-electron chi connectivity index (χ1n) is 9.93. The summed E-state index contributed by atoms with van der Waals surface area (Å²) in [4.78, 5) is 11.6. The highest BCUT2D eigenvalue weighted by Crippen LogP contribution is 2.37. The number of benzene rings is 2. The fourth-order valence-corrected chi connectivity index (χ4v) is 3.45. The Hall–Kier alpha value is -2.69. The Balaban J connectivity index is 1.53. The largest absolute Gasteiger partial charge is 0.493 e. The van der Waals surface area contributed by atoms with Crippen LogP contribution in [0.15, 0.2) is 48.5 Å². The van der Waals surface area contributed by atoms with Gasteiger partial charge >= 0.3 is 6.09 Å². The highest BCUT2D eigenvalue weighted by Gasteiger charge is 2.35. The number of amides is 1. The molecule has 0 bridgehead atoms. The van der Waals surface area contributed by atoms with Gasteiger partial charge < -0.3 is 19.5 Å². The summed E-state index contributed by atoms with van der Waals surface area (Å²) in [5.41, 5.74) is 1.65. The van der Waals surface area contributed by atoms with Crippen molar-refractivity contribution in [3.63, 3.8) is 0 Å². The van der Waals surface area contributed by atoms with Crippen LogP contribution in [0.4, 0.5) is 4.79 Å². The lowest BCUT2D eigenvalue weighted by molar-refractivity contribution is -0.00294. The molecule has 5 nitrogen and oxygen atoms in total. The van der Waals surface area contributed by atoms with Crippen molar-refractivity contribution >= 4 is 6.09 Å². The van der Waals surface area contributed by atoms with Crippen LogP contribution in [0.2, 0.25) is 0 Å². The Kier molecular flexibility index (Phi) is 6.80. The summed E-state index contributed by atoms with van der Waals surface area (Å²) in [5.74, 6) is 1.38. The monoisotopic (exact) mass is 383 g/mol. The number of hydrogen-bond donors (Lipinski definition) is 1. The fraction of sp³-hybridized carbons (Fsp3) is 0.435. The van der Waals surface area contributed by atoms with Crippen molar-refractivity contribution in [3.05, 3.63) is 59.7 Å². The molecule has 1 N–H and O–H groups in total. The van der Waals surface area contributed by atoms with E-state index >= 15 is 0 Å². The van der Waals surface area contributed by atoms with Crippen molar-refractivity contribution in [2.75, 3.05) is 20.3 Å². The number of unbranched alkanes of at least 4 members (excludes halogenated alkanes) is 2. The summed E-state index contributed by atoms with van der Waals surface area (Å²) in [6.07, 6.45) is 4.66. The summed E-state index contributed by atoms with van der Waals surface area (Å²) in [6.45, 7) is 3.16. The van der Waals surface area contributed by atoms with Gasteiger partial charge in [0.1, 0.15) is 5.60 Å². The first kappa shape index (κ1) is 20.1. The van der Waals surface area contributed by atoms with Crippen LogP contribution < -0.4 is 14.8 Å². The molecule has 1 unspecified atom stereocenters. The maximum Gasteiger partial charge on any atom is 0.408 e. The summed E-state index contributed by atoms with van der Waals surface area (Å²) in [5, 5.41) is 2.69. The molecule has 1 atom stereocenters. The molecule has 1 aliphatic heterocycles. The van der Waals surface area contributed by atoms with Gasteiger partial charge in [-0.3, -0.25) is 0 Å². The van der Waals surface area contributed by atoms with Gasteiger partial charge in [-0.1, -0.05) is 36.4 Å². The van der Waals surface area contributed by atoms with E-state index in [0.717, 1.165) is 31.2 Å². The van der Waals surface area contributed by atoms with Gasteiger partial charge in [-0.2, -0.15) is 0 Å². The molecular formula is C23H29NO4. The fourth-order valence-electron chi connectivity index (χ4n) is 3.45. The van der Waals surface area contributed by atoms with Crippen LogP contribution in [0, 0.1) is 0 Å². The molecule has 5 heteroatoms. The number of aryl methyl sites for hydroxylation is 1. The maximum atomic E-state index is 11.6. The lowest BCUT2D eigenvalue weighted by atomic mass is 9.91. The molecule has 150 valence electrons. The molecule has 1 aliphatic rings. The van der Waals surface area contributed by atoms with Crippen molar-refractivity contribution in [1.82, 2.24) is 5.32 Å². The SMILES string of the molecule is COc1ccc(C2(C)CCNC(=O)O2)cc1OCCCCCc1ccccc1. The molecule has 2 aromatic carbocycles. The van der Waals surface area contributed by atoms with E-state index in [9.17, 15) is 4.79 Å². The van der Waals surface area contributed by atoms with Crippen molar-refractivity contribution in [2.45, 2.75) is 44.6 Å². The number of nitrogens with one attached hydrogen (secondary N) is 1. The first-order valence-corrected chi connectivity index (χ1v) is 9.93. The topological polar surface area (TPSA) is 56.8 Å². The predicted molar refractivity (Wildman–Crippen MR) is 109 cm³/mol. The second kappa shape index (κ2) is 9.49. The van der Waals surface area contributed by atoms with Gasteiger partial charge in [-0.05, 0) is 55.9 Å². The number of hydrogen-bond acceptors (Lipinski definition) is 4. The molecule has 0 radical (unpaired) electrons. The standard InChI is InChI=1S/C23H29NO4/c1-23(14-15-24-22(25)28-23)19-12-13-20(26-2)21(17-19)27-16-8-4-7-11-18-9-5-3-6-10-18/h3,5-6,9-10,12-13,17H,4,7-8,11,14-16H2,1-2H3,(H,24,25). The van der Waals surface area contributed by atoms with Gasteiger partial charge in [-0.25, -0.2) is 4.79 Å². The number of methoxy groups -OCH3 is 1. The second-order valence-corrected chi connectivity index (χ2v) is 7.31. The van der Waals surface area contributed by atoms with Crippen molar-refractivity contribution in [1.29, 1.82) is 0 Å². The Morgan fingerprint density at radius 3 is 2.64 bits per heavy atom. The maximum absolute atomic E-state index is 11.6. The number of carbonyl (C=O) groups excluding carboxylic acids is 1. The summed E-state index contributed by atoms with van der Waals surface area (Å²) >= 11 is 0. The molecule has 1 amide bonds. The smallest absolute Gasteiger partial charge is 0.408 e. The number of carbonyl (C=O) groups is 1. The lowest BCUT2D eigenvalue weighted by Crippen LogP contribution is -2.43. The molecule has 0 aromatic heterocycles. The van der Waals surface area contributed by atoms with Crippen LogP contribution in [0.5, 0.6) is 11.5 Å². The average molecular weight is 383 g/mol.